The van der Waals surface area contributed by atoms with E-state index in [9.17, 15) is 4.79 Å². The largest absolute Gasteiger partial charge is 0.497 e. The minimum absolute atomic E-state index is 0.191. The van der Waals surface area contributed by atoms with Gasteiger partial charge in [0.1, 0.15) is 12.4 Å². The number of benzene rings is 2. The summed E-state index contributed by atoms with van der Waals surface area (Å²) in [6.07, 6.45) is 4.99. The molecule has 3 N–H and O–H groups in total. The van der Waals surface area contributed by atoms with Crippen molar-refractivity contribution in [2.45, 2.75) is 19.9 Å². The van der Waals surface area contributed by atoms with Crippen molar-refractivity contribution in [1.82, 2.24) is 4.57 Å². The summed E-state index contributed by atoms with van der Waals surface area (Å²) in [4.78, 5) is 11.7. The molecule has 3 aromatic rings. The molecule has 3 rings (SSSR count). The van der Waals surface area contributed by atoms with Crippen LogP contribution in [0.2, 0.25) is 0 Å². The Kier molecular flexibility index (Phi) is 5.75. The number of nitrogens with two attached hydrogens (primary N) is 1. The van der Waals surface area contributed by atoms with Crippen LogP contribution in [0.25, 0.3) is 22.2 Å². The third-order valence-electron chi connectivity index (χ3n) is 4.51. The number of aryl methyl sites for hydroxylation is 1. The zero-order valence-electron chi connectivity index (χ0n) is 16.0. The molecule has 0 bridgehead atoms. The van der Waals surface area contributed by atoms with Crippen LogP contribution in [0.15, 0.2) is 42.5 Å². The van der Waals surface area contributed by atoms with E-state index in [4.69, 9.17) is 21.6 Å². The molecule has 0 aliphatic carbocycles. The molecule has 0 unspecified atom stereocenters. The lowest BCUT2D eigenvalue weighted by molar-refractivity contribution is 0.164. The second-order valence-electron chi connectivity index (χ2n) is 6.18. The van der Waals surface area contributed by atoms with Gasteiger partial charge in [-0.1, -0.05) is 12.1 Å². The number of carbonyl (C=O) groups excluding carboxylic acids is 1. The second-order valence-corrected chi connectivity index (χ2v) is 6.18. The molecule has 0 aliphatic heterocycles. The zero-order chi connectivity index (χ0) is 20.1. The second kappa shape index (κ2) is 8.40. The number of nitrogen functional groups attached to an aromatic ring is 1. The highest BCUT2D eigenvalue weighted by atomic mass is 16.5. The van der Waals surface area contributed by atoms with Crippen molar-refractivity contribution >= 4 is 28.4 Å². The molecule has 0 aliphatic rings. The van der Waals surface area contributed by atoms with Crippen molar-refractivity contribution in [2.75, 3.05) is 24.8 Å². The van der Waals surface area contributed by atoms with Crippen LogP contribution in [-0.4, -0.2) is 24.4 Å². The molecule has 0 atom stereocenters. The van der Waals surface area contributed by atoms with Crippen LogP contribution in [0.1, 0.15) is 13.3 Å². The lowest BCUT2D eigenvalue weighted by Crippen LogP contribution is -2.14. The van der Waals surface area contributed by atoms with Gasteiger partial charge in [0.15, 0.2) is 0 Å². The number of anilines is 2. The quantitative estimate of drug-likeness (QED) is 0.490. The predicted octanol–water partition coefficient (Wildman–Crippen LogP) is 4.49. The molecule has 6 nitrogen and oxygen atoms in total. The number of ether oxygens (including phenoxy) is 2. The molecule has 0 saturated carbocycles. The van der Waals surface area contributed by atoms with Crippen LogP contribution in [-0.2, 0) is 11.3 Å². The van der Waals surface area contributed by atoms with Gasteiger partial charge in [-0.05, 0) is 31.2 Å². The van der Waals surface area contributed by atoms with Crippen LogP contribution < -0.4 is 15.8 Å². The number of methoxy groups -OCH3 is 1. The molecule has 1 amide bonds. The first-order valence-corrected chi connectivity index (χ1v) is 9.02. The third kappa shape index (κ3) is 3.74. The maximum absolute atomic E-state index is 11.7. The molecule has 1 heterocycles. The topological polar surface area (TPSA) is 78.5 Å². The van der Waals surface area contributed by atoms with E-state index in [1.807, 2.05) is 42.5 Å². The van der Waals surface area contributed by atoms with Gasteiger partial charge in [0.2, 0.25) is 0 Å². The van der Waals surface area contributed by atoms with E-state index < -0.39 is 6.09 Å². The van der Waals surface area contributed by atoms with Gasteiger partial charge in [-0.15, -0.1) is 12.3 Å². The number of aromatic nitrogens is 1. The van der Waals surface area contributed by atoms with E-state index in [2.05, 4.69) is 22.7 Å². The highest BCUT2D eigenvalue weighted by Crippen LogP contribution is 2.37. The maximum Gasteiger partial charge on any atom is 0.411 e. The molecule has 0 radical (unpaired) electrons. The van der Waals surface area contributed by atoms with Crippen molar-refractivity contribution in [3.63, 3.8) is 0 Å². The number of terminal acetylenes is 1. The molecule has 0 spiro atoms. The average molecular weight is 377 g/mol. The lowest BCUT2D eigenvalue weighted by Gasteiger charge is -2.11. The Morgan fingerprint density at radius 1 is 1.25 bits per heavy atom. The van der Waals surface area contributed by atoms with E-state index in [0.29, 0.717) is 17.8 Å². The summed E-state index contributed by atoms with van der Waals surface area (Å²) in [7, 11) is 1.65. The molecular weight excluding hydrogens is 354 g/mol. The third-order valence-corrected chi connectivity index (χ3v) is 4.51. The van der Waals surface area contributed by atoms with Crippen molar-refractivity contribution in [1.29, 1.82) is 0 Å². The van der Waals surface area contributed by atoms with Crippen molar-refractivity contribution in [2.24, 2.45) is 0 Å². The van der Waals surface area contributed by atoms with E-state index in [1.165, 1.54) is 0 Å². The summed E-state index contributed by atoms with van der Waals surface area (Å²) >= 11 is 0. The van der Waals surface area contributed by atoms with Crippen molar-refractivity contribution in [3.05, 3.63) is 42.5 Å². The smallest absolute Gasteiger partial charge is 0.411 e. The van der Waals surface area contributed by atoms with E-state index >= 15 is 0 Å². The summed E-state index contributed by atoms with van der Waals surface area (Å²) in [6, 6.07) is 13.3. The Labute approximate surface area is 164 Å². The van der Waals surface area contributed by atoms with Crippen LogP contribution in [0.3, 0.4) is 0 Å². The molecule has 6 heteroatoms. The van der Waals surface area contributed by atoms with Crippen LogP contribution >= 0.6 is 0 Å². The number of nitrogens with zero attached hydrogens (tertiary/aromatic N) is 1. The SMILES string of the molecule is C#CCCOC(=O)Nc1ccc(-c2c(N)c3ccc(OC)cc3n2CC)cc1. The predicted molar refractivity (Wildman–Crippen MR) is 112 cm³/mol. The normalized spacial score (nSPS) is 10.5. The monoisotopic (exact) mass is 377 g/mol. The Balaban J connectivity index is 1.89. The van der Waals surface area contributed by atoms with Gasteiger partial charge in [0.05, 0.1) is 24.0 Å². The highest BCUT2D eigenvalue weighted by Gasteiger charge is 2.16. The fourth-order valence-electron chi connectivity index (χ4n) is 3.19. The highest BCUT2D eigenvalue weighted by molar-refractivity contribution is 6.01. The van der Waals surface area contributed by atoms with Gasteiger partial charge < -0.3 is 19.8 Å². The first-order chi connectivity index (χ1) is 13.6. The first kappa shape index (κ1) is 19.2. The number of fused-ring (bicyclic) bond motifs is 1. The summed E-state index contributed by atoms with van der Waals surface area (Å²) in [6.45, 7) is 3.03. The van der Waals surface area contributed by atoms with Gasteiger partial charge in [-0.2, -0.15) is 0 Å². The Morgan fingerprint density at radius 2 is 2.00 bits per heavy atom. The van der Waals surface area contributed by atoms with E-state index in [-0.39, 0.29) is 6.61 Å². The van der Waals surface area contributed by atoms with Gasteiger partial charge in [0.25, 0.3) is 0 Å². The number of carbonyl (C=O) groups is 1. The van der Waals surface area contributed by atoms with Gasteiger partial charge in [-0.25, -0.2) is 4.79 Å². The zero-order valence-corrected chi connectivity index (χ0v) is 16.0. The Morgan fingerprint density at radius 3 is 2.64 bits per heavy atom. The number of nitrogens with one attached hydrogen (secondary N) is 1. The molecule has 28 heavy (non-hydrogen) atoms. The summed E-state index contributed by atoms with van der Waals surface area (Å²) in [5, 5.41) is 3.66. The van der Waals surface area contributed by atoms with Crippen LogP contribution in [0.5, 0.6) is 5.75 Å². The number of hydrogen-bond acceptors (Lipinski definition) is 4. The summed E-state index contributed by atoms with van der Waals surface area (Å²) in [5.74, 6) is 3.21. The molecular formula is C22H23N3O3. The standard InChI is InChI=1S/C22H23N3O3/c1-4-6-13-28-22(26)24-16-9-7-15(8-10-16)21-20(23)18-12-11-17(27-3)14-19(18)25(21)5-2/h1,7-12,14H,5-6,13,23H2,2-3H3,(H,24,26). The molecule has 1 aromatic heterocycles. The van der Waals surface area contributed by atoms with Crippen molar-refractivity contribution in [3.8, 4) is 29.4 Å². The average Bonchev–Trinajstić information content (AvgIpc) is 3.00. The molecule has 144 valence electrons. The molecule has 0 saturated heterocycles. The number of hydrogen-bond donors (Lipinski definition) is 2. The minimum Gasteiger partial charge on any atom is -0.497 e. The van der Waals surface area contributed by atoms with Crippen LogP contribution in [0.4, 0.5) is 16.2 Å². The fraction of sp³-hybridized carbons (Fsp3) is 0.227. The first-order valence-electron chi connectivity index (χ1n) is 9.02. The van der Waals surface area contributed by atoms with Gasteiger partial charge >= 0.3 is 6.09 Å². The molecule has 2 aromatic carbocycles. The maximum atomic E-state index is 11.7. The Hall–Kier alpha value is -3.59. The number of rotatable bonds is 6. The Bertz CT molecular complexity index is 1030. The number of amides is 1. The van der Waals surface area contributed by atoms with E-state index in [1.54, 1.807) is 7.11 Å². The van der Waals surface area contributed by atoms with Gasteiger partial charge in [-0.3, -0.25) is 5.32 Å². The molecule has 0 fully saturated rings. The van der Waals surface area contributed by atoms with E-state index in [0.717, 1.165) is 34.5 Å². The van der Waals surface area contributed by atoms with Crippen LogP contribution in [0, 0.1) is 12.3 Å². The fourth-order valence-corrected chi connectivity index (χ4v) is 3.19. The van der Waals surface area contributed by atoms with Crippen molar-refractivity contribution < 1.29 is 14.3 Å². The minimum atomic E-state index is -0.530. The summed E-state index contributed by atoms with van der Waals surface area (Å²) in [5.41, 5.74) is 10.7. The van der Waals surface area contributed by atoms with Gasteiger partial charge in [0, 0.05) is 35.7 Å². The lowest BCUT2D eigenvalue weighted by atomic mass is 10.1. The summed E-state index contributed by atoms with van der Waals surface area (Å²) < 4.78 is 12.5.